The maximum Gasteiger partial charge on any atom is 0.266 e. The fourth-order valence-corrected chi connectivity index (χ4v) is 4.41. The number of hydrogen-bond donors (Lipinski definition) is 2. The van der Waals surface area contributed by atoms with Crippen LogP contribution in [0.3, 0.4) is 0 Å². The Morgan fingerprint density at radius 2 is 1.90 bits per heavy atom. The van der Waals surface area contributed by atoms with E-state index in [1.165, 1.54) is 18.5 Å². The van der Waals surface area contributed by atoms with Gasteiger partial charge in [-0.1, -0.05) is 18.2 Å². The Balaban J connectivity index is 1.61. The van der Waals surface area contributed by atoms with Crippen molar-refractivity contribution < 1.29 is 12.8 Å². The first-order valence-corrected chi connectivity index (χ1v) is 10.7. The lowest BCUT2D eigenvalue weighted by atomic mass is 10.3. The molecule has 0 unspecified atom stereocenters. The number of aromatic nitrogens is 4. The molecule has 0 atom stereocenters. The Morgan fingerprint density at radius 3 is 2.59 bits per heavy atom. The molecule has 8 nitrogen and oxygen atoms in total. The van der Waals surface area contributed by atoms with Gasteiger partial charge in [-0.2, -0.15) is 9.47 Å². The van der Waals surface area contributed by atoms with Gasteiger partial charge in [0.1, 0.15) is 22.9 Å². The molecule has 0 aliphatic rings. The molecule has 2 aromatic heterocycles. The molecule has 0 aliphatic heterocycles. The van der Waals surface area contributed by atoms with Gasteiger partial charge in [-0.3, -0.25) is 4.72 Å². The molecular formula is C18H15FN6O2S2. The quantitative estimate of drug-likeness (QED) is 0.483. The van der Waals surface area contributed by atoms with E-state index in [1.54, 1.807) is 4.68 Å². The molecule has 0 spiro atoms. The maximum absolute atomic E-state index is 14.6. The Bertz CT molecular complexity index is 1240. The van der Waals surface area contributed by atoms with Crippen LogP contribution in [0.4, 0.5) is 21.0 Å². The number of hydrogen-bond acceptors (Lipinski definition) is 7. The molecular weight excluding hydrogens is 415 g/mol. The molecule has 4 aromatic rings. The second kappa shape index (κ2) is 7.60. The third kappa shape index (κ3) is 4.10. The number of anilines is 3. The van der Waals surface area contributed by atoms with Gasteiger partial charge in [0.25, 0.3) is 10.0 Å². The van der Waals surface area contributed by atoms with Crippen LogP contribution in [0.25, 0.3) is 5.69 Å². The summed E-state index contributed by atoms with van der Waals surface area (Å²) in [7, 11) is -4.11. The molecule has 0 saturated carbocycles. The molecule has 0 saturated heterocycles. The van der Waals surface area contributed by atoms with Crippen LogP contribution in [0, 0.1) is 12.7 Å². The first-order chi connectivity index (χ1) is 13.9. The second-order valence-electron chi connectivity index (χ2n) is 6.04. The Hall–Kier alpha value is -3.31. The topological polar surface area (TPSA) is 102 Å². The zero-order valence-electron chi connectivity index (χ0n) is 15.1. The van der Waals surface area contributed by atoms with Gasteiger partial charge >= 0.3 is 0 Å². The van der Waals surface area contributed by atoms with Crippen molar-refractivity contribution in [1.82, 2.24) is 19.1 Å². The van der Waals surface area contributed by atoms with Gasteiger partial charge in [-0.05, 0) is 37.3 Å². The molecule has 29 heavy (non-hydrogen) atoms. The van der Waals surface area contributed by atoms with E-state index in [-0.39, 0.29) is 5.13 Å². The van der Waals surface area contributed by atoms with Crippen molar-refractivity contribution in [2.45, 2.75) is 11.8 Å². The highest BCUT2D eigenvalue weighted by Crippen LogP contribution is 2.26. The van der Waals surface area contributed by atoms with Crippen LogP contribution in [-0.2, 0) is 10.0 Å². The Kier molecular flexibility index (Phi) is 4.99. The highest BCUT2D eigenvalue weighted by Gasteiger charge is 2.21. The summed E-state index contributed by atoms with van der Waals surface area (Å²) in [5.41, 5.74) is 2.00. The maximum atomic E-state index is 14.6. The van der Waals surface area contributed by atoms with E-state index >= 15 is 0 Å². The normalized spacial score (nSPS) is 11.4. The number of rotatable bonds is 6. The van der Waals surface area contributed by atoms with Crippen LogP contribution in [0.15, 0.2) is 65.8 Å². The van der Waals surface area contributed by atoms with E-state index in [0.717, 1.165) is 29.0 Å². The number of sulfonamides is 1. The number of para-hydroxylation sites is 1. The predicted octanol–water partition coefficient (Wildman–Crippen LogP) is 3.72. The summed E-state index contributed by atoms with van der Waals surface area (Å²) >= 11 is 0.861. The van der Waals surface area contributed by atoms with Crippen molar-refractivity contribution in [3.8, 4) is 5.69 Å². The SMILES string of the molecule is Cc1cc(Nc2ccc(S(=O)(=O)Nc3ncns3)c(F)c2)n(-c2ccccc2)n1. The van der Waals surface area contributed by atoms with Crippen LogP contribution in [0.2, 0.25) is 0 Å². The molecule has 0 bridgehead atoms. The first-order valence-electron chi connectivity index (χ1n) is 8.40. The minimum absolute atomic E-state index is 0.0637. The fraction of sp³-hybridized carbons (Fsp3) is 0.0556. The summed E-state index contributed by atoms with van der Waals surface area (Å²) in [6, 6.07) is 15.1. The summed E-state index contributed by atoms with van der Waals surface area (Å²) in [5, 5.41) is 7.59. The second-order valence-corrected chi connectivity index (χ2v) is 8.47. The molecule has 0 radical (unpaired) electrons. The lowest BCUT2D eigenvalue weighted by Gasteiger charge is -2.11. The van der Waals surface area contributed by atoms with Crippen molar-refractivity contribution in [3.63, 3.8) is 0 Å². The molecule has 2 N–H and O–H groups in total. The summed E-state index contributed by atoms with van der Waals surface area (Å²) in [4.78, 5) is 3.26. The van der Waals surface area contributed by atoms with Crippen molar-refractivity contribution in [2.24, 2.45) is 0 Å². The lowest BCUT2D eigenvalue weighted by Crippen LogP contribution is -2.14. The molecule has 148 valence electrons. The number of halogens is 1. The van der Waals surface area contributed by atoms with E-state index in [9.17, 15) is 12.8 Å². The van der Waals surface area contributed by atoms with Crippen LogP contribution >= 0.6 is 11.5 Å². The van der Waals surface area contributed by atoms with Gasteiger partial charge in [0.2, 0.25) is 5.13 Å². The summed E-state index contributed by atoms with van der Waals surface area (Å²) in [6.07, 6.45) is 1.21. The Labute approximate surface area is 170 Å². The molecule has 0 fully saturated rings. The molecule has 4 rings (SSSR count). The highest BCUT2D eigenvalue weighted by atomic mass is 32.2. The zero-order chi connectivity index (χ0) is 20.4. The van der Waals surface area contributed by atoms with Crippen molar-refractivity contribution in [3.05, 3.63) is 72.4 Å². The van der Waals surface area contributed by atoms with Gasteiger partial charge in [0.15, 0.2) is 0 Å². The summed E-state index contributed by atoms with van der Waals surface area (Å²) in [5.74, 6) is -0.273. The molecule has 2 heterocycles. The smallest absolute Gasteiger partial charge is 0.266 e. The Morgan fingerprint density at radius 1 is 1.10 bits per heavy atom. The minimum atomic E-state index is -4.11. The van der Waals surface area contributed by atoms with Crippen molar-refractivity contribution >= 4 is 38.2 Å². The van der Waals surface area contributed by atoms with Crippen LogP contribution < -0.4 is 10.0 Å². The zero-order valence-corrected chi connectivity index (χ0v) is 16.7. The highest BCUT2D eigenvalue weighted by molar-refractivity contribution is 7.93. The average Bonchev–Trinajstić information content (AvgIpc) is 3.31. The van der Waals surface area contributed by atoms with Gasteiger partial charge in [-0.15, -0.1) is 0 Å². The molecule has 2 aromatic carbocycles. The summed E-state index contributed by atoms with van der Waals surface area (Å²) < 4.78 is 47.0. The third-order valence-electron chi connectivity index (χ3n) is 3.91. The van der Waals surface area contributed by atoms with Gasteiger partial charge in [-0.25, -0.2) is 22.5 Å². The van der Waals surface area contributed by atoms with Gasteiger partial charge < -0.3 is 5.32 Å². The lowest BCUT2D eigenvalue weighted by molar-refractivity contribution is 0.570. The van der Waals surface area contributed by atoms with Crippen LogP contribution in [0.5, 0.6) is 0 Å². The minimum Gasteiger partial charge on any atom is -0.340 e. The van der Waals surface area contributed by atoms with Crippen LogP contribution in [0.1, 0.15) is 5.69 Å². The average molecular weight is 430 g/mol. The predicted molar refractivity (Wildman–Crippen MR) is 109 cm³/mol. The standard InChI is InChI=1S/C18H15FN6O2S2/c1-12-9-17(25(23-12)14-5-3-2-4-6-14)22-13-7-8-16(15(19)10-13)29(26,27)24-18-20-11-21-28-18/h2-11,22H,1H3,(H,20,21,24). The number of benzene rings is 2. The molecule has 0 aliphatic carbocycles. The number of aryl methyl sites for hydroxylation is 1. The number of nitrogens with one attached hydrogen (secondary N) is 2. The summed E-state index contributed by atoms with van der Waals surface area (Å²) in [6.45, 7) is 1.85. The molecule has 11 heteroatoms. The first kappa shape index (κ1) is 19.0. The van der Waals surface area contributed by atoms with E-state index in [1.807, 2.05) is 43.3 Å². The number of nitrogens with zero attached hydrogens (tertiary/aromatic N) is 4. The van der Waals surface area contributed by atoms with Crippen molar-refractivity contribution in [1.29, 1.82) is 0 Å². The van der Waals surface area contributed by atoms with Crippen molar-refractivity contribution in [2.75, 3.05) is 10.0 Å². The molecule has 0 amide bonds. The van der Waals surface area contributed by atoms with E-state index in [2.05, 4.69) is 24.5 Å². The van der Waals surface area contributed by atoms with E-state index < -0.39 is 20.7 Å². The van der Waals surface area contributed by atoms with Crippen LogP contribution in [-0.4, -0.2) is 27.6 Å². The van der Waals surface area contributed by atoms with Gasteiger partial charge in [0.05, 0.1) is 11.4 Å². The third-order valence-corrected chi connectivity index (χ3v) is 5.99. The van der Waals surface area contributed by atoms with E-state index in [4.69, 9.17) is 0 Å². The fourth-order valence-electron chi connectivity index (χ4n) is 2.69. The monoisotopic (exact) mass is 430 g/mol. The largest absolute Gasteiger partial charge is 0.340 e. The van der Waals surface area contributed by atoms with Gasteiger partial charge in [0, 0.05) is 23.3 Å². The van der Waals surface area contributed by atoms with E-state index in [0.29, 0.717) is 11.5 Å².